The summed E-state index contributed by atoms with van der Waals surface area (Å²) in [6.07, 6.45) is 2.16. The fraction of sp³-hybridized carbons (Fsp3) is 0.304. The first-order valence-corrected chi connectivity index (χ1v) is 10.0. The van der Waals surface area contributed by atoms with Crippen molar-refractivity contribution in [3.05, 3.63) is 58.8 Å². The van der Waals surface area contributed by atoms with Gasteiger partial charge in [0.15, 0.2) is 11.5 Å². The first-order valence-electron chi connectivity index (χ1n) is 10.0. The average molecular weight is 401 g/mol. The molecule has 7 nitrogen and oxygen atoms in total. The summed E-state index contributed by atoms with van der Waals surface area (Å²) in [4.78, 5) is 23.2. The fourth-order valence-electron chi connectivity index (χ4n) is 3.98. The Bertz CT molecular complexity index is 1160. The molecule has 1 aliphatic rings. The molecule has 2 aromatic carbocycles. The van der Waals surface area contributed by atoms with Crippen molar-refractivity contribution in [3.8, 4) is 6.07 Å². The predicted molar refractivity (Wildman–Crippen MR) is 116 cm³/mol. The van der Waals surface area contributed by atoms with E-state index < -0.39 is 5.97 Å². The molecule has 152 valence electrons. The Kier molecular flexibility index (Phi) is 5.23. The van der Waals surface area contributed by atoms with Crippen molar-refractivity contribution in [2.75, 3.05) is 23.3 Å². The molecule has 3 aromatic rings. The number of aromatic carboxylic acids is 1. The Morgan fingerprint density at radius 3 is 2.67 bits per heavy atom. The van der Waals surface area contributed by atoms with Gasteiger partial charge in [0.05, 0.1) is 22.6 Å². The minimum Gasteiger partial charge on any atom is -0.478 e. The highest BCUT2D eigenvalue weighted by atomic mass is 16.4. The van der Waals surface area contributed by atoms with Crippen LogP contribution in [-0.2, 0) is 0 Å². The maximum Gasteiger partial charge on any atom is 0.337 e. The van der Waals surface area contributed by atoms with Crippen LogP contribution in [0, 0.1) is 18.3 Å². The lowest BCUT2D eigenvalue weighted by Crippen LogP contribution is -2.21. The summed E-state index contributed by atoms with van der Waals surface area (Å²) in [6, 6.07) is 12.8. The van der Waals surface area contributed by atoms with Crippen LogP contribution in [0.15, 0.2) is 36.4 Å². The van der Waals surface area contributed by atoms with Crippen molar-refractivity contribution in [2.45, 2.75) is 32.7 Å². The molecule has 0 saturated carbocycles. The third kappa shape index (κ3) is 3.64. The number of rotatable bonds is 5. The molecular formula is C23H23N5O2. The molecule has 1 aromatic heterocycles. The number of para-hydroxylation sites is 1. The Balaban J connectivity index is 1.81. The maximum absolute atomic E-state index is 11.6. The van der Waals surface area contributed by atoms with E-state index in [2.05, 4.69) is 21.3 Å². The summed E-state index contributed by atoms with van der Waals surface area (Å²) >= 11 is 0. The summed E-state index contributed by atoms with van der Waals surface area (Å²) in [6.45, 7) is 5.69. The van der Waals surface area contributed by atoms with E-state index in [9.17, 15) is 15.2 Å². The largest absolute Gasteiger partial charge is 0.478 e. The zero-order valence-electron chi connectivity index (χ0n) is 17.0. The molecule has 0 radical (unpaired) electrons. The molecule has 0 amide bonds. The normalized spacial score (nSPS) is 14.5. The Morgan fingerprint density at radius 2 is 1.97 bits per heavy atom. The molecular weight excluding hydrogens is 378 g/mol. The van der Waals surface area contributed by atoms with Crippen molar-refractivity contribution in [1.29, 1.82) is 5.26 Å². The summed E-state index contributed by atoms with van der Waals surface area (Å²) < 4.78 is 0. The molecule has 1 fully saturated rings. The van der Waals surface area contributed by atoms with Gasteiger partial charge in [-0.25, -0.2) is 14.8 Å². The zero-order chi connectivity index (χ0) is 21.3. The third-order valence-electron chi connectivity index (χ3n) is 5.43. The van der Waals surface area contributed by atoms with Gasteiger partial charge in [0, 0.05) is 24.3 Å². The van der Waals surface area contributed by atoms with Gasteiger partial charge in [-0.05, 0) is 50.5 Å². The number of anilines is 2. The number of nitrogens with one attached hydrogen (secondary N) is 1. The molecule has 1 atom stereocenters. The second-order valence-corrected chi connectivity index (χ2v) is 7.64. The number of nitrogens with zero attached hydrogens (tertiary/aromatic N) is 4. The summed E-state index contributed by atoms with van der Waals surface area (Å²) in [5, 5.41) is 22.4. The van der Waals surface area contributed by atoms with Crippen LogP contribution in [0.25, 0.3) is 11.0 Å². The van der Waals surface area contributed by atoms with Crippen LogP contribution in [0.3, 0.4) is 0 Å². The minimum atomic E-state index is -0.978. The average Bonchev–Trinajstić information content (AvgIpc) is 3.27. The van der Waals surface area contributed by atoms with Gasteiger partial charge in [0.1, 0.15) is 6.07 Å². The molecule has 1 aliphatic heterocycles. The van der Waals surface area contributed by atoms with Gasteiger partial charge in [-0.15, -0.1) is 0 Å². The van der Waals surface area contributed by atoms with Gasteiger partial charge in [-0.3, -0.25) is 0 Å². The lowest BCUT2D eigenvalue weighted by atomic mass is 10.0. The van der Waals surface area contributed by atoms with E-state index in [1.54, 1.807) is 24.3 Å². The van der Waals surface area contributed by atoms with E-state index in [4.69, 9.17) is 4.98 Å². The molecule has 0 bridgehead atoms. The smallest absolute Gasteiger partial charge is 0.337 e. The van der Waals surface area contributed by atoms with Gasteiger partial charge < -0.3 is 15.3 Å². The number of carboxylic acid groups (broad SMARTS) is 1. The molecule has 30 heavy (non-hydrogen) atoms. The van der Waals surface area contributed by atoms with Crippen molar-refractivity contribution in [1.82, 2.24) is 9.97 Å². The third-order valence-corrected chi connectivity index (χ3v) is 5.43. The summed E-state index contributed by atoms with van der Waals surface area (Å²) in [5.74, 6) is -0.347. The molecule has 4 rings (SSSR count). The second kappa shape index (κ2) is 7.99. The maximum atomic E-state index is 11.6. The monoisotopic (exact) mass is 401 g/mol. The summed E-state index contributed by atoms with van der Waals surface area (Å²) in [5.41, 5.74) is 4.44. The minimum absolute atomic E-state index is 0.207. The molecule has 0 spiro atoms. The first kappa shape index (κ1) is 19.6. The van der Waals surface area contributed by atoms with E-state index >= 15 is 0 Å². The number of carbonyl (C=O) groups is 1. The van der Waals surface area contributed by atoms with Crippen LogP contribution in [0.1, 0.15) is 53.0 Å². The van der Waals surface area contributed by atoms with Crippen LogP contribution in [0.5, 0.6) is 0 Å². The van der Waals surface area contributed by atoms with Crippen molar-refractivity contribution in [2.24, 2.45) is 0 Å². The number of nitriles is 1. The lowest BCUT2D eigenvalue weighted by molar-refractivity contribution is 0.0698. The Morgan fingerprint density at radius 1 is 1.23 bits per heavy atom. The number of hydrogen-bond acceptors (Lipinski definition) is 6. The Labute approximate surface area is 175 Å². The van der Waals surface area contributed by atoms with Gasteiger partial charge in [0.2, 0.25) is 0 Å². The number of aromatic nitrogens is 2. The first-order chi connectivity index (χ1) is 14.5. The predicted octanol–water partition coefficient (Wildman–Crippen LogP) is 4.28. The van der Waals surface area contributed by atoms with Gasteiger partial charge in [-0.1, -0.05) is 18.2 Å². The molecule has 2 heterocycles. The van der Waals surface area contributed by atoms with Crippen LogP contribution in [-0.4, -0.2) is 34.1 Å². The van der Waals surface area contributed by atoms with E-state index in [-0.39, 0.29) is 11.6 Å². The van der Waals surface area contributed by atoms with E-state index in [0.29, 0.717) is 22.7 Å². The van der Waals surface area contributed by atoms with Crippen molar-refractivity contribution >= 4 is 28.5 Å². The topological polar surface area (TPSA) is 102 Å². The van der Waals surface area contributed by atoms with Crippen molar-refractivity contribution < 1.29 is 9.90 Å². The number of hydrogen-bond donors (Lipinski definition) is 2. The van der Waals surface area contributed by atoms with Crippen LogP contribution in [0.4, 0.5) is 11.5 Å². The van der Waals surface area contributed by atoms with Crippen LogP contribution >= 0.6 is 0 Å². The highest BCUT2D eigenvalue weighted by molar-refractivity contribution is 5.94. The molecule has 0 aliphatic carbocycles. The van der Waals surface area contributed by atoms with Crippen LogP contribution < -0.4 is 10.2 Å². The van der Waals surface area contributed by atoms with E-state index in [1.165, 1.54) is 0 Å². The van der Waals surface area contributed by atoms with Gasteiger partial charge in [0.25, 0.3) is 0 Å². The molecule has 0 unspecified atom stereocenters. The quantitative estimate of drug-likeness (QED) is 0.658. The number of benzene rings is 2. The standard InChI is InChI=1S/C23H23N5O2/c1-14-11-17(15(2)25-18-8-4-3-7-16(18)23(29)30)21-19(12-14)26-20(13-24)22(27-21)28-9-5-6-10-28/h3-4,7-8,11-12,15,25H,5-6,9-10H2,1-2H3,(H,29,30)/t15-/m1/s1. The van der Waals surface area contributed by atoms with Crippen molar-refractivity contribution in [3.63, 3.8) is 0 Å². The molecule has 7 heteroatoms. The number of fused-ring (bicyclic) bond motifs is 1. The lowest BCUT2D eigenvalue weighted by Gasteiger charge is -2.21. The Hall–Kier alpha value is -3.66. The summed E-state index contributed by atoms with van der Waals surface area (Å²) in [7, 11) is 0. The highest BCUT2D eigenvalue weighted by Gasteiger charge is 2.22. The van der Waals surface area contributed by atoms with Crippen LogP contribution in [0.2, 0.25) is 0 Å². The zero-order valence-corrected chi connectivity index (χ0v) is 17.0. The van der Waals surface area contributed by atoms with Gasteiger partial charge >= 0.3 is 5.97 Å². The van der Waals surface area contributed by atoms with E-state index in [1.807, 2.05) is 26.0 Å². The SMILES string of the molecule is Cc1cc([C@@H](C)Nc2ccccc2C(=O)O)c2nc(N3CCCC3)c(C#N)nc2c1. The molecule has 2 N–H and O–H groups in total. The number of carboxylic acids is 1. The van der Waals surface area contributed by atoms with E-state index in [0.717, 1.165) is 42.6 Å². The fourth-order valence-corrected chi connectivity index (χ4v) is 3.98. The second-order valence-electron chi connectivity index (χ2n) is 7.64. The highest BCUT2D eigenvalue weighted by Crippen LogP contribution is 2.31. The molecule has 1 saturated heterocycles. The number of aryl methyl sites for hydroxylation is 1. The van der Waals surface area contributed by atoms with Gasteiger partial charge in [-0.2, -0.15) is 5.26 Å².